The average molecular weight is 373 g/mol. The van der Waals surface area contributed by atoms with Gasteiger partial charge in [0.05, 0.1) is 5.41 Å². The molecule has 0 spiro atoms. The zero-order valence-electron chi connectivity index (χ0n) is 13.5. The van der Waals surface area contributed by atoms with Crippen LogP contribution in [0.5, 0.6) is 0 Å². The van der Waals surface area contributed by atoms with Crippen molar-refractivity contribution < 1.29 is 14.3 Å². The highest BCUT2D eigenvalue weighted by atomic mass is 79.9. The molecule has 0 aromatic rings. The summed E-state index contributed by atoms with van der Waals surface area (Å²) < 4.78 is 5.28. The largest absolute Gasteiger partial charge is 0.443 e. The van der Waals surface area contributed by atoms with Crippen molar-refractivity contribution in [2.45, 2.75) is 69.2 Å². The third-order valence-electron chi connectivity index (χ3n) is 5.15. The number of alkyl halides is 1. The van der Waals surface area contributed by atoms with Crippen LogP contribution in [0.2, 0.25) is 0 Å². The second-order valence-corrected chi connectivity index (χ2v) is 10.2. The van der Waals surface area contributed by atoms with E-state index in [4.69, 9.17) is 4.74 Å². The van der Waals surface area contributed by atoms with Crippen molar-refractivity contribution in [3.05, 3.63) is 0 Å². The van der Waals surface area contributed by atoms with Crippen molar-refractivity contribution in [1.29, 1.82) is 0 Å². The Kier molecular flexibility index (Phi) is 3.74. The number of carbonyl (C=O) groups is 2. The lowest BCUT2D eigenvalue weighted by Crippen LogP contribution is -2.60. The van der Waals surface area contributed by atoms with Crippen LogP contribution in [-0.4, -0.2) is 21.9 Å². The number of carbonyl (C=O) groups excluding carboxylic acids is 2. The quantitative estimate of drug-likeness (QED) is 0.548. The van der Waals surface area contributed by atoms with Gasteiger partial charge in [-0.2, -0.15) is 0 Å². The highest BCUT2D eigenvalue weighted by Crippen LogP contribution is 2.64. The minimum absolute atomic E-state index is 0.0590. The molecule has 4 saturated carbocycles. The van der Waals surface area contributed by atoms with Crippen molar-refractivity contribution in [2.24, 2.45) is 17.3 Å². The van der Waals surface area contributed by atoms with Gasteiger partial charge in [0.2, 0.25) is 5.91 Å². The Morgan fingerprint density at radius 1 is 1.09 bits per heavy atom. The molecule has 4 aliphatic rings. The van der Waals surface area contributed by atoms with E-state index < -0.39 is 11.7 Å². The van der Waals surface area contributed by atoms with Crippen molar-refractivity contribution in [1.82, 2.24) is 10.9 Å². The monoisotopic (exact) mass is 372 g/mol. The zero-order valence-corrected chi connectivity index (χ0v) is 15.1. The number of halogens is 1. The average Bonchev–Trinajstić information content (AvgIpc) is 2.30. The maximum absolute atomic E-state index is 12.7. The van der Waals surface area contributed by atoms with E-state index in [1.165, 1.54) is 19.3 Å². The SMILES string of the molecule is CC(C)(C)OC(=O)NNC(=O)C12CC3CC(CC(Br)(C3)C1)C2. The Balaban J connectivity index is 1.62. The summed E-state index contributed by atoms with van der Waals surface area (Å²) in [6.07, 6.45) is 5.75. The maximum Gasteiger partial charge on any atom is 0.426 e. The molecule has 4 bridgehead atoms. The molecule has 0 aliphatic heterocycles. The lowest BCUT2D eigenvalue weighted by atomic mass is 9.49. The molecule has 0 radical (unpaired) electrons. The summed E-state index contributed by atoms with van der Waals surface area (Å²) >= 11 is 3.89. The maximum atomic E-state index is 12.7. The highest BCUT2D eigenvalue weighted by Gasteiger charge is 2.59. The first-order valence-electron chi connectivity index (χ1n) is 8.08. The van der Waals surface area contributed by atoms with Crippen LogP contribution in [0.3, 0.4) is 0 Å². The summed E-state index contributed by atoms with van der Waals surface area (Å²) in [4.78, 5) is 24.4. The molecule has 0 heterocycles. The molecule has 4 fully saturated rings. The predicted octanol–water partition coefficient (Wildman–Crippen LogP) is 3.28. The minimum atomic E-state index is -0.612. The molecule has 124 valence electrons. The van der Waals surface area contributed by atoms with Gasteiger partial charge in [0.1, 0.15) is 5.60 Å². The third kappa shape index (κ3) is 3.12. The fraction of sp³-hybridized carbons (Fsp3) is 0.875. The van der Waals surface area contributed by atoms with Gasteiger partial charge in [-0.1, -0.05) is 15.9 Å². The van der Waals surface area contributed by atoms with Crippen molar-refractivity contribution in [3.8, 4) is 0 Å². The van der Waals surface area contributed by atoms with Gasteiger partial charge in [0.15, 0.2) is 0 Å². The first-order chi connectivity index (χ1) is 10.1. The number of rotatable bonds is 1. The van der Waals surface area contributed by atoms with Crippen molar-refractivity contribution in [3.63, 3.8) is 0 Å². The van der Waals surface area contributed by atoms with Gasteiger partial charge in [-0.15, -0.1) is 0 Å². The summed E-state index contributed by atoms with van der Waals surface area (Å²) in [6.45, 7) is 5.38. The molecule has 2 N–H and O–H groups in total. The Morgan fingerprint density at radius 3 is 2.18 bits per heavy atom. The number of nitrogens with one attached hydrogen (secondary N) is 2. The fourth-order valence-electron chi connectivity index (χ4n) is 4.96. The van der Waals surface area contributed by atoms with Crippen molar-refractivity contribution >= 4 is 27.9 Å². The van der Waals surface area contributed by atoms with E-state index in [0.29, 0.717) is 11.8 Å². The van der Waals surface area contributed by atoms with Gasteiger partial charge in [-0.25, -0.2) is 10.2 Å². The van der Waals surface area contributed by atoms with Gasteiger partial charge >= 0.3 is 6.09 Å². The van der Waals surface area contributed by atoms with Crippen LogP contribution in [0.4, 0.5) is 4.79 Å². The van der Waals surface area contributed by atoms with E-state index in [9.17, 15) is 9.59 Å². The smallest absolute Gasteiger partial charge is 0.426 e. The molecule has 0 aromatic heterocycles. The van der Waals surface area contributed by atoms with Crippen LogP contribution in [0.25, 0.3) is 0 Å². The molecular formula is C16H25BrN2O3. The minimum Gasteiger partial charge on any atom is -0.443 e. The van der Waals surface area contributed by atoms with Gasteiger partial charge in [0.25, 0.3) is 0 Å². The van der Waals surface area contributed by atoms with E-state index in [1.807, 2.05) is 0 Å². The van der Waals surface area contributed by atoms with Gasteiger partial charge < -0.3 is 4.74 Å². The molecule has 22 heavy (non-hydrogen) atoms. The molecule has 4 aliphatic carbocycles. The normalized spacial score (nSPS) is 39.5. The molecular weight excluding hydrogens is 348 g/mol. The number of ether oxygens (including phenoxy) is 1. The van der Waals surface area contributed by atoms with Crippen LogP contribution in [-0.2, 0) is 9.53 Å². The molecule has 5 nitrogen and oxygen atoms in total. The van der Waals surface area contributed by atoms with Crippen LogP contribution in [0.15, 0.2) is 0 Å². The second kappa shape index (κ2) is 5.11. The van der Waals surface area contributed by atoms with E-state index in [0.717, 1.165) is 19.3 Å². The summed E-state index contributed by atoms with van der Waals surface area (Å²) in [5, 5.41) is 0. The molecule has 2 amide bonds. The Hall–Kier alpha value is -0.780. The lowest BCUT2D eigenvalue weighted by Gasteiger charge is -2.59. The second-order valence-electron chi connectivity index (χ2n) is 8.47. The number of hydrogen-bond donors (Lipinski definition) is 2. The van der Waals surface area contributed by atoms with Gasteiger partial charge in [-0.3, -0.25) is 10.2 Å². The Bertz CT molecular complexity index is 486. The van der Waals surface area contributed by atoms with Crippen LogP contribution in [0.1, 0.15) is 59.3 Å². The first kappa shape index (κ1) is 16.1. The number of hydrogen-bond acceptors (Lipinski definition) is 3. The molecule has 4 rings (SSSR count). The molecule has 2 unspecified atom stereocenters. The number of hydrazine groups is 1. The van der Waals surface area contributed by atoms with Crippen LogP contribution < -0.4 is 10.9 Å². The Labute approximate surface area is 140 Å². The lowest BCUT2D eigenvalue weighted by molar-refractivity contribution is -0.145. The first-order valence-corrected chi connectivity index (χ1v) is 8.87. The van der Waals surface area contributed by atoms with Gasteiger partial charge in [-0.05, 0) is 71.1 Å². The van der Waals surface area contributed by atoms with E-state index in [1.54, 1.807) is 20.8 Å². The predicted molar refractivity (Wildman–Crippen MR) is 86.3 cm³/mol. The molecule has 2 atom stereocenters. The van der Waals surface area contributed by atoms with E-state index >= 15 is 0 Å². The highest BCUT2D eigenvalue weighted by molar-refractivity contribution is 9.10. The standard InChI is InChI=1S/C16H25BrN2O3/c1-14(2,3)22-13(21)19-18-12(20)15-5-10-4-11(6-15)8-16(17,7-10)9-15/h10-11H,4-9H2,1-3H3,(H,18,20)(H,19,21). The Morgan fingerprint density at radius 2 is 1.68 bits per heavy atom. The van der Waals surface area contributed by atoms with Crippen LogP contribution >= 0.6 is 15.9 Å². The van der Waals surface area contributed by atoms with Gasteiger partial charge in [0, 0.05) is 4.32 Å². The van der Waals surface area contributed by atoms with E-state index in [2.05, 4.69) is 26.8 Å². The summed E-state index contributed by atoms with van der Waals surface area (Å²) in [7, 11) is 0. The fourth-order valence-corrected chi connectivity index (χ4v) is 6.41. The summed E-state index contributed by atoms with van der Waals surface area (Å²) in [5.41, 5.74) is 4.09. The van der Waals surface area contributed by atoms with Crippen LogP contribution in [0, 0.1) is 17.3 Å². The third-order valence-corrected chi connectivity index (χ3v) is 6.08. The zero-order chi connectivity index (χ0) is 16.2. The number of amides is 2. The molecule has 0 aromatic carbocycles. The summed E-state index contributed by atoms with van der Waals surface area (Å²) in [6, 6.07) is 0. The molecule has 0 saturated heterocycles. The topological polar surface area (TPSA) is 67.4 Å². The molecule has 6 heteroatoms. The van der Waals surface area contributed by atoms with Crippen molar-refractivity contribution in [2.75, 3.05) is 0 Å². The summed E-state index contributed by atoms with van der Waals surface area (Å²) in [5.74, 6) is 1.21. The van der Waals surface area contributed by atoms with E-state index in [-0.39, 0.29) is 15.6 Å².